The minimum atomic E-state index is -4.42. The second kappa shape index (κ2) is 8.76. The molecule has 0 bridgehead atoms. The molecule has 0 aromatic heterocycles. The molecule has 1 aliphatic heterocycles. The van der Waals surface area contributed by atoms with Gasteiger partial charge in [-0.25, -0.2) is 0 Å². The van der Waals surface area contributed by atoms with Crippen LogP contribution in [0.2, 0.25) is 0 Å². The summed E-state index contributed by atoms with van der Waals surface area (Å²) in [7, 11) is 0. The zero-order chi connectivity index (χ0) is 18.7. The molecule has 0 saturated carbocycles. The van der Waals surface area contributed by atoms with Crippen LogP contribution in [0.15, 0.2) is 42.5 Å². The van der Waals surface area contributed by atoms with Gasteiger partial charge in [-0.05, 0) is 34.2 Å². The predicted octanol–water partition coefficient (Wildman–Crippen LogP) is 4.54. The monoisotopic (exact) mass is 398 g/mol. The Bertz CT molecular complexity index is 808. The molecule has 0 saturated heterocycles. The Labute approximate surface area is 162 Å². The van der Waals surface area contributed by atoms with Crippen LogP contribution in [0.3, 0.4) is 0 Å². The number of rotatable bonds is 5. The highest BCUT2D eigenvalue weighted by atomic mass is 35.5. The van der Waals surface area contributed by atoms with E-state index >= 15 is 0 Å². The molecule has 2 N–H and O–H groups in total. The summed E-state index contributed by atoms with van der Waals surface area (Å²) in [6.07, 6.45) is -4.40. The van der Waals surface area contributed by atoms with Gasteiger partial charge in [0.2, 0.25) is 5.91 Å². The van der Waals surface area contributed by atoms with Gasteiger partial charge >= 0.3 is 6.18 Å². The van der Waals surface area contributed by atoms with E-state index in [4.69, 9.17) is 0 Å². The lowest BCUT2D eigenvalue weighted by Crippen LogP contribution is -2.24. The quantitative estimate of drug-likeness (QED) is 0.776. The van der Waals surface area contributed by atoms with Crippen molar-refractivity contribution in [3.05, 3.63) is 70.3 Å². The van der Waals surface area contributed by atoms with Crippen molar-refractivity contribution in [3.8, 4) is 0 Å². The minimum Gasteiger partial charge on any atom is -0.352 e. The van der Waals surface area contributed by atoms with Gasteiger partial charge in [-0.15, -0.1) is 12.4 Å². The molecule has 2 aromatic rings. The van der Waals surface area contributed by atoms with Gasteiger partial charge in [0.15, 0.2) is 0 Å². The van der Waals surface area contributed by atoms with Gasteiger partial charge in [-0.1, -0.05) is 43.3 Å². The molecule has 1 heterocycles. The minimum absolute atomic E-state index is 0. The average Bonchev–Trinajstić information content (AvgIpc) is 3.07. The highest BCUT2D eigenvalue weighted by molar-refractivity contribution is 5.85. The number of carbonyl (C=O) groups is 1. The predicted molar refractivity (Wildman–Crippen MR) is 101 cm³/mol. The maximum absolute atomic E-state index is 13.1. The van der Waals surface area contributed by atoms with E-state index in [2.05, 4.69) is 16.7 Å². The highest BCUT2D eigenvalue weighted by Gasteiger charge is 2.34. The fraction of sp³-hybridized carbons (Fsp3) is 0.350. The Kier molecular flexibility index (Phi) is 6.89. The van der Waals surface area contributed by atoms with E-state index < -0.39 is 17.7 Å². The normalized spacial score (nSPS) is 14.2. The van der Waals surface area contributed by atoms with Gasteiger partial charge in [0, 0.05) is 26.1 Å². The van der Waals surface area contributed by atoms with Gasteiger partial charge < -0.3 is 10.6 Å². The molecule has 0 fully saturated rings. The van der Waals surface area contributed by atoms with Gasteiger partial charge in [0.05, 0.1) is 5.56 Å². The van der Waals surface area contributed by atoms with Crippen LogP contribution in [-0.2, 0) is 30.6 Å². The summed E-state index contributed by atoms with van der Waals surface area (Å²) in [5.41, 5.74) is 2.95. The van der Waals surface area contributed by atoms with E-state index in [-0.39, 0.29) is 30.3 Å². The molecule has 0 radical (unpaired) electrons. The van der Waals surface area contributed by atoms with Crippen molar-refractivity contribution in [2.75, 3.05) is 0 Å². The smallest absolute Gasteiger partial charge is 0.352 e. The van der Waals surface area contributed by atoms with E-state index in [1.807, 2.05) is 12.1 Å². The lowest BCUT2D eigenvalue weighted by molar-refractivity contribution is -0.138. The fourth-order valence-corrected chi connectivity index (χ4v) is 3.30. The van der Waals surface area contributed by atoms with Crippen LogP contribution in [0.25, 0.3) is 0 Å². The third-order valence-electron chi connectivity index (χ3n) is 4.68. The Balaban J connectivity index is 0.00000261. The maximum atomic E-state index is 13.1. The van der Waals surface area contributed by atoms with Crippen LogP contribution in [0.5, 0.6) is 0 Å². The van der Waals surface area contributed by atoms with Gasteiger partial charge in [-0.3, -0.25) is 4.79 Å². The van der Waals surface area contributed by atoms with Crippen molar-refractivity contribution in [3.63, 3.8) is 0 Å². The van der Waals surface area contributed by atoms with E-state index in [1.165, 1.54) is 23.3 Å². The van der Waals surface area contributed by atoms with Crippen molar-refractivity contribution < 1.29 is 18.0 Å². The SMILES string of the molecule is CC(CC(=O)NCc1ccc2c(c1)CNC2)c1ccccc1C(F)(F)F.Cl. The topological polar surface area (TPSA) is 41.1 Å². The first-order chi connectivity index (χ1) is 12.3. The van der Waals surface area contributed by atoms with Crippen LogP contribution in [-0.4, -0.2) is 5.91 Å². The fourth-order valence-electron chi connectivity index (χ4n) is 3.30. The third kappa shape index (κ3) is 5.23. The largest absolute Gasteiger partial charge is 0.416 e. The summed E-state index contributed by atoms with van der Waals surface area (Å²) in [5, 5.41) is 6.07. The van der Waals surface area contributed by atoms with Crippen LogP contribution in [0, 0.1) is 0 Å². The zero-order valence-electron chi connectivity index (χ0n) is 14.9. The first-order valence-corrected chi connectivity index (χ1v) is 8.59. The molecule has 27 heavy (non-hydrogen) atoms. The number of hydrogen-bond acceptors (Lipinski definition) is 2. The molecular weight excluding hydrogens is 377 g/mol. The Morgan fingerprint density at radius 2 is 1.85 bits per heavy atom. The summed E-state index contributed by atoms with van der Waals surface area (Å²) in [6.45, 7) is 3.70. The zero-order valence-corrected chi connectivity index (χ0v) is 15.7. The van der Waals surface area contributed by atoms with E-state index in [1.54, 1.807) is 13.0 Å². The van der Waals surface area contributed by atoms with Gasteiger partial charge in [0.25, 0.3) is 0 Å². The standard InChI is InChI=1S/C20H21F3N2O.ClH/c1-13(17-4-2-3-5-18(17)20(21,22)23)8-19(26)25-10-14-6-7-15-11-24-12-16(15)9-14;/h2-7,9,13,24H,8,10-12H2,1H3,(H,25,26);1H. The number of alkyl halides is 3. The summed E-state index contributed by atoms with van der Waals surface area (Å²) >= 11 is 0. The number of nitrogens with one attached hydrogen (secondary N) is 2. The number of benzene rings is 2. The van der Waals surface area contributed by atoms with Crippen molar-refractivity contribution >= 4 is 18.3 Å². The summed E-state index contributed by atoms with van der Waals surface area (Å²) in [5.74, 6) is -0.773. The number of fused-ring (bicyclic) bond motifs is 1. The van der Waals surface area contributed by atoms with Crippen LogP contribution < -0.4 is 10.6 Å². The first-order valence-electron chi connectivity index (χ1n) is 8.59. The molecule has 146 valence electrons. The molecule has 7 heteroatoms. The van der Waals surface area contributed by atoms with Gasteiger partial charge in [0.1, 0.15) is 0 Å². The molecule has 3 rings (SSSR count). The van der Waals surface area contributed by atoms with Crippen molar-refractivity contribution in [2.45, 2.75) is 45.1 Å². The second-order valence-electron chi connectivity index (χ2n) is 6.67. The first kappa shape index (κ1) is 21.3. The number of amides is 1. The molecule has 1 atom stereocenters. The number of carbonyl (C=O) groups excluding carboxylic acids is 1. The molecular formula is C20H22ClF3N2O. The maximum Gasteiger partial charge on any atom is 0.416 e. The molecule has 3 nitrogen and oxygen atoms in total. The van der Waals surface area contributed by atoms with Crippen LogP contribution in [0.1, 0.15) is 47.1 Å². The lowest BCUT2D eigenvalue weighted by Gasteiger charge is -2.18. The van der Waals surface area contributed by atoms with Crippen LogP contribution >= 0.6 is 12.4 Å². The van der Waals surface area contributed by atoms with E-state index in [0.29, 0.717) is 6.54 Å². The van der Waals surface area contributed by atoms with Crippen molar-refractivity contribution in [1.29, 1.82) is 0 Å². The van der Waals surface area contributed by atoms with E-state index in [0.717, 1.165) is 24.7 Å². The summed E-state index contributed by atoms with van der Waals surface area (Å²) in [4.78, 5) is 12.2. The second-order valence-corrected chi connectivity index (χ2v) is 6.67. The van der Waals surface area contributed by atoms with Crippen LogP contribution in [0.4, 0.5) is 13.2 Å². The summed E-state index contributed by atoms with van der Waals surface area (Å²) in [6, 6.07) is 11.5. The Morgan fingerprint density at radius 3 is 2.59 bits per heavy atom. The molecule has 0 spiro atoms. The lowest BCUT2D eigenvalue weighted by atomic mass is 9.92. The highest BCUT2D eigenvalue weighted by Crippen LogP contribution is 2.35. The molecule has 2 aromatic carbocycles. The van der Waals surface area contributed by atoms with Crippen molar-refractivity contribution in [1.82, 2.24) is 10.6 Å². The summed E-state index contributed by atoms with van der Waals surface area (Å²) < 4.78 is 39.4. The van der Waals surface area contributed by atoms with E-state index in [9.17, 15) is 18.0 Å². The molecule has 1 unspecified atom stereocenters. The molecule has 1 aliphatic rings. The third-order valence-corrected chi connectivity index (χ3v) is 4.68. The van der Waals surface area contributed by atoms with Crippen molar-refractivity contribution in [2.24, 2.45) is 0 Å². The van der Waals surface area contributed by atoms with Gasteiger partial charge in [-0.2, -0.15) is 13.2 Å². The Hall–Kier alpha value is -2.05. The Morgan fingerprint density at radius 1 is 1.15 bits per heavy atom. The average molecular weight is 399 g/mol. The number of halogens is 4. The number of hydrogen-bond donors (Lipinski definition) is 2. The molecule has 0 aliphatic carbocycles. The molecule has 1 amide bonds.